The molecule has 1 heterocycles. The molecule has 0 bridgehead atoms. The quantitative estimate of drug-likeness (QED) is 0.435. The van der Waals surface area contributed by atoms with E-state index in [1.807, 2.05) is 0 Å². The molecule has 0 radical (unpaired) electrons. The molecule has 0 atom stereocenters. The fraction of sp³-hybridized carbons (Fsp3) is 0.111. The molecule has 0 saturated heterocycles. The number of pyridine rings is 1. The molecule has 0 saturated carbocycles. The molecule has 1 aromatic heterocycles. The largest absolute Gasteiger partial charge is 0.466 e. The zero-order valence-corrected chi connectivity index (χ0v) is 7.53. The van der Waals surface area contributed by atoms with Crippen LogP contribution in [0.15, 0.2) is 18.2 Å². The number of nitrogens with two attached hydrogens (primary N) is 1. The third-order valence-electron chi connectivity index (χ3n) is 1.50. The van der Waals surface area contributed by atoms with E-state index in [0.717, 1.165) is 12.1 Å². The van der Waals surface area contributed by atoms with Gasteiger partial charge in [-0.2, -0.15) is 4.39 Å². The van der Waals surface area contributed by atoms with Gasteiger partial charge in [0.1, 0.15) is 0 Å². The average Bonchev–Trinajstić information content (AvgIpc) is 2.19. The molecule has 0 unspecified atom stereocenters. The van der Waals surface area contributed by atoms with Gasteiger partial charge in [-0.1, -0.05) is 0 Å². The number of esters is 1. The number of nitrogen functional groups attached to an aromatic ring is 1. The Morgan fingerprint density at radius 2 is 2.36 bits per heavy atom. The van der Waals surface area contributed by atoms with E-state index in [0.29, 0.717) is 5.69 Å². The summed E-state index contributed by atoms with van der Waals surface area (Å²) in [6.45, 7) is 0. The zero-order chi connectivity index (χ0) is 10.6. The van der Waals surface area contributed by atoms with Gasteiger partial charge >= 0.3 is 5.97 Å². The first kappa shape index (κ1) is 10.2. The van der Waals surface area contributed by atoms with Crippen LogP contribution >= 0.6 is 0 Å². The van der Waals surface area contributed by atoms with Gasteiger partial charge in [-0.15, -0.1) is 0 Å². The van der Waals surface area contributed by atoms with Crippen LogP contribution in [-0.4, -0.2) is 18.1 Å². The Hall–Kier alpha value is -1.91. The summed E-state index contributed by atoms with van der Waals surface area (Å²) in [6, 6.07) is 2.52. The fourth-order valence-electron chi connectivity index (χ4n) is 0.809. The van der Waals surface area contributed by atoms with Crippen LogP contribution < -0.4 is 5.73 Å². The minimum absolute atomic E-state index is 0.204. The molecule has 1 rings (SSSR count). The van der Waals surface area contributed by atoms with Crippen molar-refractivity contribution in [2.24, 2.45) is 0 Å². The summed E-state index contributed by atoms with van der Waals surface area (Å²) >= 11 is 0. The molecule has 0 aliphatic carbocycles. The van der Waals surface area contributed by atoms with E-state index in [2.05, 4.69) is 9.72 Å². The second kappa shape index (κ2) is 4.36. The second-order valence-corrected chi connectivity index (χ2v) is 2.46. The molecular weight excluding hydrogens is 187 g/mol. The van der Waals surface area contributed by atoms with Crippen LogP contribution in [0, 0.1) is 5.95 Å². The first-order valence-electron chi connectivity index (χ1n) is 3.81. The minimum Gasteiger partial charge on any atom is -0.466 e. The van der Waals surface area contributed by atoms with E-state index in [-0.39, 0.29) is 5.69 Å². The third-order valence-corrected chi connectivity index (χ3v) is 1.50. The lowest BCUT2D eigenvalue weighted by Gasteiger charge is -1.98. The Labute approximate surface area is 80.2 Å². The number of carbonyl (C=O) groups is 1. The molecule has 0 fully saturated rings. The lowest BCUT2D eigenvalue weighted by atomic mass is 10.3. The number of ether oxygens (including phenoxy) is 1. The fourth-order valence-corrected chi connectivity index (χ4v) is 0.809. The lowest BCUT2D eigenvalue weighted by Crippen LogP contribution is -1.97. The Morgan fingerprint density at radius 1 is 1.64 bits per heavy atom. The second-order valence-electron chi connectivity index (χ2n) is 2.46. The summed E-state index contributed by atoms with van der Waals surface area (Å²) in [5.74, 6) is -1.20. The number of hydrogen-bond acceptors (Lipinski definition) is 4. The molecule has 5 heteroatoms. The molecule has 0 aromatic carbocycles. The van der Waals surface area contributed by atoms with Crippen molar-refractivity contribution in [3.63, 3.8) is 0 Å². The highest BCUT2D eigenvalue weighted by Crippen LogP contribution is 2.10. The normalized spacial score (nSPS) is 10.4. The highest BCUT2D eigenvalue weighted by atomic mass is 19.1. The molecule has 2 N–H and O–H groups in total. The van der Waals surface area contributed by atoms with Crippen molar-refractivity contribution < 1.29 is 13.9 Å². The standard InChI is InChI=1S/C9H9FN2O2/c1-14-9(13)5-3-7-6(11)2-4-8(10)12-7/h2-5H,11H2,1H3/b5-3+. The highest BCUT2D eigenvalue weighted by Gasteiger charge is 2.00. The van der Waals surface area contributed by atoms with Crippen LogP contribution in [0.5, 0.6) is 0 Å². The monoisotopic (exact) mass is 196 g/mol. The summed E-state index contributed by atoms with van der Waals surface area (Å²) in [7, 11) is 1.25. The zero-order valence-electron chi connectivity index (χ0n) is 7.53. The maximum Gasteiger partial charge on any atom is 0.330 e. The SMILES string of the molecule is COC(=O)/C=C/c1nc(F)ccc1N. The summed E-state index contributed by atoms with van der Waals surface area (Å²) in [5.41, 5.74) is 5.99. The Morgan fingerprint density at radius 3 is 3.00 bits per heavy atom. The van der Waals surface area contributed by atoms with Gasteiger partial charge in [0.15, 0.2) is 0 Å². The summed E-state index contributed by atoms with van der Waals surface area (Å²) in [5, 5.41) is 0. The van der Waals surface area contributed by atoms with Crippen LogP contribution in [-0.2, 0) is 9.53 Å². The van der Waals surface area contributed by atoms with Gasteiger partial charge in [-0.3, -0.25) is 0 Å². The summed E-state index contributed by atoms with van der Waals surface area (Å²) < 4.78 is 17.0. The number of nitrogens with zero attached hydrogens (tertiary/aromatic N) is 1. The van der Waals surface area contributed by atoms with Gasteiger partial charge in [-0.25, -0.2) is 9.78 Å². The van der Waals surface area contributed by atoms with Crippen molar-refractivity contribution in [3.05, 3.63) is 29.9 Å². The summed E-state index contributed by atoms with van der Waals surface area (Å²) in [6.07, 6.45) is 2.42. The van der Waals surface area contributed by atoms with Gasteiger partial charge < -0.3 is 10.5 Å². The molecule has 0 spiro atoms. The van der Waals surface area contributed by atoms with Crippen molar-refractivity contribution in [2.45, 2.75) is 0 Å². The molecule has 74 valence electrons. The van der Waals surface area contributed by atoms with Gasteiger partial charge in [-0.05, 0) is 18.2 Å². The minimum atomic E-state index is -0.649. The van der Waals surface area contributed by atoms with Crippen LogP contribution in [0.25, 0.3) is 6.08 Å². The third kappa shape index (κ3) is 2.55. The first-order valence-corrected chi connectivity index (χ1v) is 3.81. The van der Waals surface area contributed by atoms with Crippen molar-refractivity contribution in [1.29, 1.82) is 0 Å². The van der Waals surface area contributed by atoms with Crippen LogP contribution in [0.1, 0.15) is 5.69 Å². The molecule has 0 aliphatic rings. The molecular formula is C9H9FN2O2. The Bertz CT molecular complexity index is 377. The number of carbonyl (C=O) groups excluding carboxylic acids is 1. The molecule has 14 heavy (non-hydrogen) atoms. The van der Waals surface area contributed by atoms with E-state index >= 15 is 0 Å². The Balaban J connectivity index is 2.90. The maximum absolute atomic E-state index is 12.6. The van der Waals surface area contributed by atoms with Crippen LogP contribution in [0.3, 0.4) is 0 Å². The van der Waals surface area contributed by atoms with Crippen molar-refractivity contribution in [3.8, 4) is 0 Å². The summed E-state index contributed by atoms with van der Waals surface area (Å²) in [4.78, 5) is 14.2. The van der Waals surface area contributed by atoms with Crippen LogP contribution in [0.2, 0.25) is 0 Å². The van der Waals surface area contributed by atoms with Gasteiger partial charge in [0.05, 0.1) is 18.5 Å². The van der Waals surface area contributed by atoms with E-state index in [9.17, 15) is 9.18 Å². The van der Waals surface area contributed by atoms with Crippen molar-refractivity contribution in [2.75, 3.05) is 12.8 Å². The van der Waals surface area contributed by atoms with Crippen molar-refractivity contribution in [1.82, 2.24) is 4.98 Å². The van der Waals surface area contributed by atoms with Gasteiger partial charge in [0.2, 0.25) is 5.95 Å². The molecule has 4 nitrogen and oxygen atoms in total. The van der Waals surface area contributed by atoms with Gasteiger partial charge in [0, 0.05) is 6.08 Å². The predicted molar refractivity (Wildman–Crippen MR) is 49.7 cm³/mol. The number of hydrogen-bond donors (Lipinski definition) is 1. The van der Waals surface area contributed by atoms with E-state index in [4.69, 9.17) is 5.73 Å². The average molecular weight is 196 g/mol. The molecule has 0 amide bonds. The maximum atomic E-state index is 12.6. The first-order chi connectivity index (χ1) is 6.63. The van der Waals surface area contributed by atoms with E-state index < -0.39 is 11.9 Å². The number of aromatic nitrogens is 1. The molecule has 1 aromatic rings. The topological polar surface area (TPSA) is 65.2 Å². The van der Waals surface area contributed by atoms with Crippen molar-refractivity contribution >= 4 is 17.7 Å². The number of halogens is 1. The van der Waals surface area contributed by atoms with Gasteiger partial charge in [0.25, 0.3) is 0 Å². The Kier molecular flexibility index (Phi) is 3.17. The smallest absolute Gasteiger partial charge is 0.330 e. The number of anilines is 1. The number of methoxy groups -OCH3 is 1. The molecule has 0 aliphatic heterocycles. The van der Waals surface area contributed by atoms with Crippen LogP contribution in [0.4, 0.5) is 10.1 Å². The van der Waals surface area contributed by atoms with E-state index in [1.54, 1.807) is 0 Å². The lowest BCUT2D eigenvalue weighted by molar-refractivity contribution is -0.134. The predicted octanol–water partition coefficient (Wildman–Crippen LogP) is 0.989. The highest BCUT2D eigenvalue weighted by molar-refractivity contribution is 5.87. The van der Waals surface area contributed by atoms with E-state index in [1.165, 1.54) is 19.3 Å². The number of rotatable bonds is 2.